The molecular weight excluding hydrogens is 130 g/mol. The van der Waals surface area contributed by atoms with E-state index < -0.39 is 0 Å². The van der Waals surface area contributed by atoms with Crippen LogP contribution in [-0.2, 0) is 0 Å². The van der Waals surface area contributed by atoms with Crippen LogP contribution in [0.2, 0.25) is 0 Å². The van der Waals surface area contributed by atoms with Crippen molar-refractivity contribution in [2.45, 2.75) is 13.1 Å². The van der Waals surface area contributed by atoms with Crippen LogP contribution in [0.3, 0.4) is 0 Å². The van der Waals surface area contributed by atoms with Gasteiger partial charge in [0.15, 0.2) is 0 Å². The number of amides is 2. The molecule has 0 heterocycles. The Hall–Kier alpha value is -0.770. The van der Waals surface area contributed by atoms with E-state index >= 15 is 0 Å². The maximum atomic E-state index is 10.7. The van der Waals surface area contributed by atoms with Crippen LogP contribution < -0.4 is 10.6 Å². The molecule has 0 aliphatic carbocycles. The van der Waals surface area contributed by atoms with Crippen molar-refractivity contribution in [2.75, 3.05) is 21.1 Å². The number of nitrogens with zero attached hydrogens (tertiary/aromatic N) is 1. The highest BCUT2D eigenvalue weighted by Gasteiger charge is 2.05. The predicted octanol–water partition coefficient (Wildman–Crippen LogP) is -0.177. The molecule has 0 spiro atoms. The fraction of sp³-hybridized carbons (Fsp3) is 0.833. The van der Waals surface area contributed by atoms with Gasteiger partial charge in [-0.3, -0.25) is 4.90 Å². The molecule has 1 atom stereocenters. The first-order valence-electron chi connectivity index (χ1n) is 3.22. The first-order valence-corrected chi connectivity index (χ1v) is 3.22. The van der Waals surface area contributed by atoms with Crippen LogP contribution in [0.5, 0.6) is 0 Å². The van der Waals surface area contributed by atoms with Crippen LogP contribution in [0.25, 0.3) is 0 Å². The first kappa shape index (κ1) is 9.23. The van der Waals surface area contributed by atoms with E-state index in [0.29, 0.717) is 0 Å². The maximum Gasteiger partial charge on any atom is 0.315 e. The fourth-order valence-corrected chi connectivity index (χ4v) is 0.391. The van der Waals surface area contributed by atoms with Gasteiger partial charge >= 0.3 is 6.03 Å². The molecule has 1 unspecified atom stereocenters. The molecular formula is C6H15N3O. The summed E-state index contributed by atoms with van der Waals surface area (Å²) in [6, 6.07) is -0.152. The molecule has 0 radical (unpaired) electrons. The van der Waals surface area contributed by atoms with Crippen LogP contribution >= 0.6 is 0 Å². The van der Waals surface area contributed by atoms with Gasteiger partial charge in [0.25, 0.3) is 0 Å². The van der Waals surface area contributed by atoms with Gasteiger partial charge < -0.3 is 10.6 Å². The van der Waals surface area contributed by atoms with Crippen molar-refractivity contribution < 1.29 is 4.79 Å². The normalized spacial score (nSPS) is 12.9. The number of carbonyl (C=O) groups is 1. The highest BCUT2D eigenvalue weighted by Crippen LogP contribution is 1.83. The Morgan fingerprint density at radius 2 is 2.00 bits per heavy atom. The summed E-state index contributed by atoms with van der Waals surface area (Å²) in [5.41, 5.74) is 0. The molecule has 4 nitrogen and oxygen atoms in total. The smallest absolute Gasteiger partial charge is 0.315 e. The van der Waals surface area contributed by atoms with E-state index in [-0.39, 0.29) is 12.2 Å². The van der Waals surface area contributed by atoms with Gasteiger partial charge in [-0.2, -0.15) is 0 Å². The van der Waals surface area contributed by atoms with Crippen molar-refractivity contribution in [3.05, 3.63) is 0 Å². The van der Waals surface area contributed by atoms with E-state index in [2.05, 4.69) is 10.6 Å². The van der Waals surface area contributed by atoms with E-state index in [9.17, 15) is 4.79 Å². The second kappa shape index (κ2) is 4.11. The molecule has 4 heteroatoms. The zero-order chi connectivity index (χ0) is 8.15. The number of urea groups is 1. The standard InChI is InChI=1S/C6H15N3O/c1-5(9(3)4)8-6(10)7-2/h5H,1-4H3,(H2,7,8,10). The summed E-state index contributed by atoms with van der Waals surface area (Å²) in [5.74, 6) is 0. The van der Waals surface area contributed by atoms with E-state index in [0.717, 1.165) is 0 Å². The molecule has 0 fully saturated rings. The molecule has 0 aromatic heterocycles. The van der Waals surface area contributed by atoms with Gasteiger partial charge in [0.2, 0.25) is 0 Å². The summed E-state index contributed by atoms with van der Waals surface area (Å²) in [6.07, 6.45) is 0.0694. The summed E-state index contributed by atoms with van der Waals surface area (Å²) < 4.78 is 0. The van der Waals surface area contributed by atoms with Crippen LogP contribution in [-0.4, -0.2) is 38.2 Å². The average Bonchev–Trinajstić information content (AvgIpc) is 1.87. The summed E-state index contributed by atoms with van der Waals surface area (Å²) in [7, 11) is 5.40. The van der Waals surface area contributed by atoms with E-state index in [1.807, 2.05) is 25.9 Å². The van der Waals surface area contributed by atoms with Crippen molar-refractivity contribution in [1.29, 1.82) is 0 Å². The van der Waals surface area contributed by atoms with E-state index in [4.69, 9.17) is 0 Å². The van der Waals surface area contributed by atoms with Crippen LogP contribution in [0.1, 0.15) is 6.92 Å². The number of rotatable bonds is 2. The third-order valence-corrected chi connectivity index (χ3v) is 1.34. The Kier molecular flexibility index (Phi) is 3.79. The Morgan fingerprint density at radius 3 is 2.30 bits per heavy atom. The molecule has 2 amide bonds. The van der Waals surface area contributed by atoms with Gasteiger partial charge in [-0.25, -0.2) is 4.79 Å². The number of hydrogen-bond donors (Lipinski definition) is 2. The van der Waals surface area contributed by atoms with Gasteiger partial charge in [-0.05, 0) is 21.0 Å². The topological polar surface area (TPSA) is 44.4 Å². The zero-order valence-electron chi connectivity index (χ0n) is 6.93. The lowest BCUT2D eigenvalue weighted by atomic mass is 10.5. The van der Waals surface area contributed by atoms with Gasteiger partial charge in [0.1, 0.15) is 0 Å². The minimum absolute atomic E-state index is 0.0694. The average molecular weight is 145 g/mol. The number of carbonyl (C=O) groups excluding carboxylic acids is 1. The van der Waals surface area contributed by atoms with Crippen molar-refractivity contribution in [3.63, 3.8) is 0 Å². The van der Waals surface area contributed by atoms with Crippen molar-refractivity contribution in [1.82, 2.24) is 15.5 Å². The van der Waals surface area contributed by atoms with Gasteiger partial charge in [0.05, 0.1) is 6.17 Å². The number of nitrogens with one attached hydrogen (secondary N) is 2. The Bertz CT molecular complexity index is 114. The second-order valence-electron chi connectivity index (χ2n) is 2.36. The Morgan fingerprint density at radius 1 is 1.50 bits per heavy atom. The summed E-state index contributed by atoms with van der Waals surface area (Å²) >= 11 is 0. The highest BCUT2D eigenvalue weighted by atomic mass is 16.2. The quantitative estimate of drug-likeness (QED) is 0.529. The largest absolute Gasteiger partial charge is 0.341 e. The molecule has 0 rings (SSSR count). The lowest BCUT2D eigenvalue weighted by Crippen LogP contribution is -2.45. The Balaban J connectivity index is 3.57. The monoisotopic (exact) mass is 145 g/mol. The second-order valence-corrected chi connectivity index (χ2v) is 2.36. The lowest BCUT2D eigenvalue weighted by Gasteiger charge is -2.20. The van der Waals surface area contributed by atoms with Gasteiger partial charge in [-0.15, -0.1) is 0 Å². The highest BCUT2D eigenvalue weighted by molar-refractivity contribution is 5.73. The molecule has 0 bridgehead atoms. The SMILES string of the molecule is CNC(=O)NC(C)N(C)C. The molecule has 0 aliphatic rings. The Labute approximate surface area is 61.6 Å². The minimum atomic E-state index is -0.152. The number of hydrogen-bond acceptors (Lipinski definition) is 2. The van der Waals surface area contributed by atoms with E-state index in [1.54, 1.807) is 7.05 Å². The summed E-state index contributed by atoms with van der Waals surface area (Å²) in [4.78, 5) is 12.6. The predicted molar refractivity (Wildman–Crippen MR) is 40.7 cm³/mol. The van der Waals surface area contributed by atoms with Gasteiger partial charge in [0, 0.05) is 7.05 Å². The maximum absolute atomic E-state index is 10.7. The molecule has 0 aromatic carbocycles. The van der Waals surface area contributed by atoms with Crippen molar-refractivity contribution in [2.24, 2.45) is 0 Å². The molecule has 10 heavy (non-hydrogen) atoms. The van der Waals surface area contributed by atoms with Crippen LogP contribution in [0.4, 0.5) is 4.79 Å². The summed E-state index contributed by atoms with van der Waals surface area (Å²) in [6.45, 7) is 1.91. The third kappa shape index (κ3) is 3.29. The van der Waals surface area contributed by atoms with Crippen LogP contribution in [0.15, 0.2) is 0 Å². The molecule has 2 N–H and O–H groups in total. The van der Waals surface area contributed by atoms with Gasteiger partial charge in [-0.1, -0.05) is 0 Å². The van der Waals surface area contributed by atoms with Crippen LogP contribution in [0, 0.1) is 0 Å². The summed E-state index contributed by atoms with van der Waals surface area (Å²) in [5, 5.41) is 5.18. The van der Waals surface area contributed by atoms with Crippen molar-refractivity contribution >= 4 is 6.03 Å². The van der Waals surface area contributed by atoms with E-state index in [1.165, 1.54) is 0 Å². The first-order chi connectivity index (χ1) is 4.57. The molecule has 0 saturated carbocycles. The zero-order valence-corrected chi connectivity index (χ0v) is 6.93. The van der Waals surface area contributed by atoms with Crippen molar-refractivity contribution in [3.8, 4) is 0 Å². The molecule has 0 saturated heterocycles. The fourth-order valence-electron chi connectivity index (χ4n) is 0.391. The lowest BCUT2D eigenvalue weighted by molar-refractivity contribution is 0.218. The molecule has 0 aliphatic heterocycles. The minimum Gasteiger partial charge on any atom is -0.341 e. The molecule has 0 aromatic rings. The third-order valence-electron chi connectivity index (χ3n) is 1.34. The molecule has 60 valence electrons.